The number of amides is 6. The second-order valence-electron chi connectivity index (χ2n) is 13.0. The minimum absolute atomic E-state index is 0.0236. The number of hydrogen-bond donors (Lipinski definition) is 6. The minimum atomic E-state index is -0.406. The van der Waals surface area contributed by atoms with Crippen molar-refractivity contribution < 1.29 is 28.7 Å². The predicted octanol–water partition coefficient (Wildman–Crippen LogP) is 2.85. The fourth-order valence-corrected chi connectivity index (χ4v) is 6.30. The van der Waals surface area contributed by atoms with Crippen molar-refractivity contribution in [2.75, 3.05) is 65.4 Å². The van der Waals surface area contributed by atoms with E-state index in [9.17, 15) is 19.2 Å². The van der Waals surface area contributed by atoms with Crippen molar-refractivity contribution in [3.8, 4) is 0 Å². The molecule has 3 aliphatic rings. The van der Waals surface area contributed by atoms with Crippen LogP contribution in [0.5, 0.6) is 0 Å². The van der Waals surface area contributed by atoms with Crippen LogP contribution >= 0.6 is 0 Å². The molecule has 3 fully saturated rings. The molecule has 0 aromatic rings. The zero-order valence-corrected chi connectivity index (χ0v) is 27.8. The number of hydrogen-bond acceptors (Lipinski definition) is 8. The molecule has 8 N–H and O–H groups in total. The first-order valence-electron chi connectivity index (χ1n) is 17.7. The Bertz CT molecular complexity index is 831. The van der Waals surface area contributed by atoms with Crippen molar-refractivity contribution in [1.29, 1.82) is 0 Å². The standard InChI is InChI=1S/C32H60N8O6/c33-23-25-11-19-39(20-12-25)29(41)35-15-1-3-17-37-31(43)45-27-7-5-9-28(10-6-8-27)46-32(44)38-18-4-2-16-36-30(42)40-21-13-26(24-34)14-22-40/h25-28H,1-24,33-34H2,(H,35,41)(H,36,42)(H,37,43)(H,38,44). The van der Waals surface area contributed by atoms with E-state index < -0.39 is 12.2 Å². The second kappa shape index (κ2) is 21.7. The van der Waals surface area contributed by atoms with E-state index in [0.717, 1.165) is 116 Å². The smallest absolute Gasteiger partial charge is 0.407 e. The Kier molecular flexibility index (Phi) is 17.7. The maximum absolute atomic E-state index is 12.3. The zero-order valence-electron chi connectivity index (χ0n) is 27.8. The highest BCUT2D eigenvalue weighted by Crippen LogP contribution is 2.22. The molecule has 2 aliphatic heterocycles. The molecule has 2 heterocycles. The Morgan fingerprint density at radius 2 is 0.848 bits per heavy atom. The maximum atomic E-state index is 12.3. The number of ether oxygens (including phenoxy) is 2. The van der Waals surface area contributed by atoms with E-state index in [2.05, 4.69) is 21.3 Å². The van der Waals surface area contributed by atoms with Crippen LogP contribution in [0.4, 0.5) is 19.2 Å². The summed E-state index contributed by atoms with van der Waals surface area (Å²) in [7, 11) is 0. The summed E-state index contributed by atoms with van der Waals surface area (Å²) in [6, 6.07) is -0.0473. The SMILES string of the molecule is NCC1CCN(C(=O)NCCCCNC(=O)OC2CCCC(OC(=O)NCCCCNC(=O)N3CCC(CN)CC3)CCC2)CC1. The number of unbranched alkanes of at least 4 members (excludes halogenated alkanes) is 2. The molecule has 3 rings (SSSR count). The number of nitrogens with zero attached hydrogens (tertiary/aromatic N) is 2. The number of likely N-dealkylation sites (tertiary alicyclic amines) is 2. The van der Waals surface area contributed by atoms with Crippen LogP contribution in [0, 0.1) is 11.8 Å². The second-order valence-corrected chi connectivity index (χ2v) is 13.0. The number of alkyl carbamates (subject to hydrolysis) is 2. The van der Waals surface area contributed by atoms with Crippen LogP contribution in [0.15, 0.2) is 0 Å². The van der Waals surface area contributed by atoms with Gasteiger partial charge >= 0.3 is 24.2 Å². The number of carbonyl (C=O) groups excluding carboxylic acids is 4. The number of rotatable bonds is 14. The quantitative estimate of drug-likeness (QED) is 0.154. The lowest BCUT2D eigenvalue weighted by molar-refractivity contribution is 0.0531. The highest BCUT2D eigenvalue weighted by Gasteiger charge is 2.24. The van der Waals surface area contributed by atoms with Crippen molar-refractivity contribution in [3.05, 3.63) is 0 Å². The summed E-state index contributed by atoms with van der Waals surface area (Å²) in [5.41, 5.74) is 11.4. The van der Waals surface area contributed by atoms with Crippen LogP contribution in [-0.2, 0) is 9.47 Å². The van der Waals surface area contributed by atoms with Crippen molar-refractivity contribution in [2.45, 2.75) is 102 Å². The predicted molar refractivity (Wildman–Crippen MR) is 176 cm³/mol. The lowest BCUT2D eigenvalue weighted by Crippen LogP contribution is -2.45. The molecule has 0 spiro atoms. The van der Waals surface area contributed by atoms with Crippen LogP contribution in [-0.4, -0.2) is 112 Å². The van der Waals surface area contributed by atoms with Gasteiger partial charge in [0.15, 0.2) is 0 Å². The Balaban J connectivity index is 1.14. The lowest BCUT2D eigenvalue weighted by Gasteiger charge is -2.31. The monoisotopic (exact) mass is 652 g/mol. The fourth-order valence-electron chi connectivity index (χ4n) is 6.30. The molecule has 264 valence electrons. The van der Waals surface area contributed by atoms with Gasteiger partial charge in [-0.05, 0) is 115 Å². The Labute approximate surface area is 274 Å². The van der Waals surface area contributed by atoms with E-state index in [1.165, 1.54) is 0 Å². The topological polar surface area (TPSA) is 193 Å². The summed E-state index contributed by atoms with van der Waals surface area (Å²) in [4.78, 5) is 52.8. The molecule has 0 unspecified atom stereocenters. The summed E-state index contributed by atoms with van der Waals surface area (Å²) >= 11 is 0. The number of piperidine rings is 2. The van der Waals surface area contributed by atoms with Crippen molar-refractivity contribution >= 4 is 24.2 Å². The molecule has 0 bridgehead atoms. The van der Waals surface area contributed by atoms with Crippen LogP contribution in [0.2, 0.25) is 0 Å². The largest absolute Gasteiger partial charge is 0.446 e. The first kappa shape index (κ1) is 37.5. The summed E-state index contributed by atoms with van der Waals surface area (Å²) in [6.07, 6.45) is 10.4. The van der Waals surface area contributed by atoms with Gasteiger partial charge in [0.05, 0.1) is 0 Å². The molecule has 14 nitrogen and oxygen atoms in total. The molecule has 0 atom stereocenters. The van der Waals surface area contributed by atoms with Gasteiger partial charge in [0.1, 0.15) is 12.2 Å². The molecule has 6 amide bonds. The van der Waals surface area contributed by atoms with Gasteiger partial charge in [-0.2, -0.15) is 0 Å². The summed E-state index contributed by atoms with van der Waals surface area (Å²) < 4.78 is 11.3. The number of nitrogens with one attached hydrogen (secondary N) is 4. The molecule has 14 heteroatoms. The lowest BCUT2D eigenvalue weighted by atomic mass is 9.96. The van der Waals surface area contributed by atoms with Gasteiger partial charge in [-0.1, -0.05) is 0 Å². The maximum Gasteiger partial charge on any atom is 0.407 e. The van der Waals surface area contributed by atoms with Gasteiger partial charge in [0.2, 0.25) is 0 Å². The zero-order chi connectivity index (χ0) is 33.0. The molecule has 46 heavy (non-hydrogen) atoms. The Morgan fingerprint density at radius 1 is 0.522 bits per heavy atom. The summed E-state index contributed by atoms with van der Waals surface area (Å²) in [5.74, 6) is 1.04. The highest BCUT2D eigenvalue weighted by atomic mass is 16.6. The van der Waals surface area contributed by atoms with E-state index in [1.54, 1.807) is 0 Å². The van der Waals surface area contributed by atoms with Gasteiger partial charge < -0.3 is 52.0 Å². The summed E-state index contributed by atoms with van der Waals surface area (Å²) in [6.45, 7) is 6.54. The Morgan fingerprint density at radius 3 is 1.17 bits per heavy atom. The highest BCUT2D eigenvalue weighted by molar-refractivity contribution is 5.74. The van der Waals surface area contributed by atoms with E-state index in [4.69, 9.17) is 20.9 Å². The first-order valence-corrected chi connectivity index (χ1v) is 17.7. The molecule has 0 radical (unpaired) electrons. The Hall–Kier alpha value is -3.00. The van der Waals surface area contributed by atoms with Crippen LogP contribution in [0.25, 0.3) is 0 Å². The molecule has 0 aromatic carbocycles. The van der Waals surface area contributed by atoms with E-state index in [0.29, 0.717) is 51.1 Å². The van der Waals surface area contributed by atoms with Gasteiger partial charge in [-0.25, -0.2) is 19.2 Å². The number of urea groups is 2. The van der Waals surface area contributed by atoms with Crippen molar-refractivity contribution in [3.63, 3.8) is 0 Å². The number of carbonyl (C=O) groups is 4. The average molecular weight is 653 g/mol. The third-order valence-electron chi connectivity index (χ3n) is 9.42. The molecule has 1 saturated carbocycles. The van der Waals surface area contributed by atoms with E-state index in [1.807, 2.05) is 9.80 Å². The summed E-state index contributed by atoms with van der Waals surface area (Å²) in [5, 5.41) is 11.6. The average Bonchev–Trinajstić information content (AvgIpc) is 3.06. The van der Waals surface area contributed by atoms with E-state index in [-0.39, 0.29) is 24.3 Å². The van der Waals surface area contributed by atoms with Gasteiger partial charge in [0, 0.05) is 52.4 Å². The third kappa shape index (κ3) is 14.6. The van der Waals surface area contributed by atoms with Crippen molar-refractivity contribution in [2.24, 2.45) is 23.3 Å². The van der Waals surface area contributed by atoms with Crippen LogP contribution < -0.4 is 32.7 Å². The normalized spacial score (nSPS) is 21.4. The molecular weight excluding hydrogens is 592 g/mol. The van der Waals surface area contributed by atoms with Gasteiger partial charge in [-0.3, -0.25) is 0 Å². The molecule has 1 aliphatic carbocycles. The van der Waals surface area contributed by atoms with Crippen LogP contribution in [0.3, 0.4) is 0 Å². The minimum Gasteiger partial charge on any atom is -0.446 e. The third-order valence-corrected chi connectivity index (χ3v) is 9.42. The van der Waals surface area contributed by atoms with Crippen molar-refractivity contribution in [1.82, 2.24) is 31.1 Å². The fraction of sp³-hybridized carbons (Fsp3) is 0.875. The molecular formula is C32H60N8O6. The van der Waals surface area contributed by atoms with Gasteiger partial charge in [-0.15, -0.1) is 0 Å². The van der Waals surface area contributed by atoms with E-state index >= 15 is 0 Å². The molecule has 2 saturated heterocycles. The van der Waals surface area contributed by atoms with Gasteiger partial charge in [0.25, 0.3) is 0 Å². The number of nitrogens with two attached hydrogens (primary N) is 2. The van der Waals surface area contributed by atoms with Crippen LogP contribution in [0.1, 0.15) is 89.9 Å². The molecule has 0 aromatic heterocycles. The first-order chi connectivity index (χ1) is 22.4.